The molecule has 0 saturated carbocycles. The summed E-state index contributed by atoms with van der Waals surface area (Å²) in [6.45, 7) is 4.61. The van der Waals surface area contributed by atoms with Gasteiger partial charge in [0.1, 0.15) is 12.4 Å². The van der Waals surface area contributed by atoms with Crippen LogP contribution in [0, 0.1) is 0 Å². The monoisotopic (exact) mass is 236 g/mol. The summed E-state index contributed by atoms with van der Waals surface area (Å²) in [6.07, 6.45) is 0. The SMILES string of the molecule is OCC(COc1ccccc1)N1CCNCC1. The minimum absolute atomic E-state index is 0.0947. The second kappa shape index (κ2) is 6.59. The lowest BCUT2D eigenvalue weighted by molar-refractivity contribution is 0.0735. The molecular formula is C13H20N2O2. The minimum atomic E-state index is 0.0947. The molecule has 0 radical (unpaired) electrons. The van der Waals surface area contributed by atoms with Crippen molar-refractivity contribution in [1.29, 1.82) is 0 Å². The van der Waals surface area contributed by atoms with E-state index < -0.39 is 0 Å². The maximum atomic E-state index is 9.41. The molecule has 2 N–H and O–H groups in total. The molecule has 0 aromatic heterocycles. The molecule has 4 heteroatoms. The van der Waals surface area contributed by atoms with Gasteiger partial charge in [-0.25, -0.2) is 0 Å². The van der Waals surface area contributed by atoms with Gasteiger partial charge in [0.05, 0.1) is 12.6 Å². The standard InChI is InChI=1S/C13H20N2O2/c16-10-12(15-8-6-14-7-9-15)11-17-13-4-2-1-3-5-13/h1-5,12,14,16H,6-11H2. The van der Waals surface area contributed by atoms with E-state index in [0.29, 0.717) is 6.61 Å². The molecule has 2 rings (SSSR count). The molecule has 0 spiro atoms. The Balaban J connectivity index is 1.82. The van der Waals surface area contributed by atoms with E-state index in [-0.39, 0.29) is 12.6 Å². The first kappa shape index (κ1) is 12.4. The van der Waals surface area contributed by atoms with Gasteiger partial charge in [-0.3, -0.25) is 4.90 Å². The van der Waals surface area contributed by atoms with Crippen LogP contribution in [0.4, 0.5) is 0 Å². The Morgan fingerprint density at radius 2 is 1.94 bits per heavy atom. The summed E-state index contributed by atoms with van der Waals surface area (Å²) in [5.74, 6) is 0.862. The molecular weight excluding hydrogens is 216 g/mol. The van der Waals surface area contributed by atoms with Crippen molar-refractivity contribution in [3.63, 3.8) is 0 Å². The molecule has 0 amide bonds. The average molecular weight is 236 g/mol. The highest BCUT2D eigenvalue weighted by molar-refractivity contribution is 5.20. The van der Waals surface area contributed by atoms with E-state index in [1.54, 1.807) is 0 Å². The molecule has 1 atom stereocenters. The Morgan fingerprint density at radius 3 is 2.59 bits per heavy atom. The molecule has 1 unspecified atom stereocenters. The van der Waals surface area contributed by atoms with Crippen molar-refractivity contribution < 1.29 is 9.84 Å². The van der Waals surface area contributed by atoms with Crippen LogP contribution in [0.2, 0.25) is 0 Å². The van der Waals surface area contributed by atoms with Gasteiger partial charge in [-0.15, -0.1) is 0 Å². The third kappa shape index (κ3) is 3.70. The molecule has 17 heavy (non-hydrogen) atoms. The maximum Gasteiger partial charge on any atom is 0.119 e. The first-order valence-electron chi connectivity index (χ1n) is 6.13. The number of aliphatic hydroxyl groups is 1. The number of nitrogens with zero attached hydrogens (tertiary/aromatic N) is 1. The Kier molecular flexibility index (Phi) is 4.79. The summed E-state index contributed by atoms with van der Waals surface area (Å²) < 4.78 is 5.69. The van der Waals surface area contributed by atoms with Gasteiger partial charge in [-0.05, 0) is 12.1 Å². The Morgan fingerprint density at radius 1 is 1.24 bits per heavy atom. The highest BCUT2D eigenvalue weighted by Gasteiger charge is 2.20. The fraction of sp³-hybridized carbons (Fsp3) is 0.538. The molecule has 1 aliphatic rings. The van der Waals surface area contributed by atoms with Crippen LogP contribution in [0.1, 0.15) is 0 Å². The lowest BCUT2D eigenvalue weighted by atomic mass is 10.2. The lowest BCUT2D eigenvalue weighted by Crippen LogP contribution is -2.51. The molecule has 1 aliphatic heterocycles. The number of hydrogen-bond donors (Lipinski definition) is 2. The number of ether oxygens (including phenoxy) is 1. The van der Waals surface area contributed by atoms with Crippen LogP contribution in [0.5, 0.6) is 5.75 Å². The predicted octanol–water partition coefficient (Wildman–Crippen LogP) is 0.332. The van der Waals surface area contributed by atoms with Crippen molar-refractivity contribution in [2.24, 2.45) is 0 Å². The van der Waals surface area contributed by atoms with Gasteiger partial charge in [0.25, 0.3) is 0 Å². The molecule has 1 heterocycles. The zero-order valence-corrected chi connectivity index (χ0v) is 10.0. The minimum Gasteiger partial charge on any atom is -0.492 e. The maximum absolute atomic E-state index is 9.41. The molecule has 1 fully saturated rings. The molecule has 1 aromatic carbocycles. The van der Waals surface area contributed by atoms with Crippen LogP contribution in [0.3, 0.4) is 0 Å². The van der Waals surface area contributed by atoms with Crippen molar-refractivity contribution in [3.8, 4) is 5.75 Å². The quantitative estimate of drug-likeness (QED) is 0.773. The van der Waals surface area contributed by atoms with Crippen LogP contribution in [-0.4, -0.2) is 55.4 Å². The Hall–Kier alpha value is -1.10. The van der Waals surface area contributed by atoms with Crippen molar-refractivity contribution >= 4 is 0 Å². The van der Waals surface area contributed by atoms with E-state index in [0.717, 1.165) is 31.9 Å². The van der Waals surface area contributed by atoms with Gasteiger partial charge < -0.3 is 15.2 Å². The fourth-order valence-corrected chi connectivity index (χ4v) is 2.03. The fourth-order valence-electron chi connectivity index (χ4n) is 2.03. The first-order chi connectivity index (χ1) is 8.40. The van der Waals surface area contributed by atoms with Crippen LogP contribution in [0.25, 0.3) is 0 Å². The smallest absolute Gasteiger partial charge is 0.119 e. The zero-order chi connectivity index (χ0) is 11.9. The topological polar surface area (TPSA) is 44.7 Å². The van der Waals surface area contributed by atoms with Gasteiger partial charge in [-0.2, -0.15) is 0 Å². The van der Waals surface area contributed by atoms with E-state index in [9.17, 15) is 5.11 Å². The van der Waals surface area contributed by atoms with E-state index in [1.807, 2.05) is 30.3 Å². The van der Waals surface area contributed by atoms with Crippen LogP contribution in [-0.2, 0) is 0 Å². The number of piperazine rings is 1. The summed E-state index contributed by atoms with van der Waals surface area (Å²) in [6, 6.07) is 9.84. The van der Waals surface area contributed by atoms with Crippen molar-refractivity contribution in [3.05, 3.63) is 30.3 Å². The number of para-hydroxylation sites is 1. The molecule has 1 aromatic rings. The average Bonchev–Trinajstić information content (AvgIpc) is 2.42. The Bertz CT molecular complexity index is 312. The van der Waals surface area contributed by atoms with E-state index in [4.69, 9.17) is 4.74 Å². The largest absolute Gasteiger partial charge is 0.492 e. The zero-order valence-electron chi connectivity index (χ0n) is 10.0. The van der Waals surface area contributed by atoms with Crippen LogP contribution >= 0.6 is 0 Å². The number of rotatable bonds is 5. The van der Waals surface area contributed by atoms with E-state index in [1.165, 1.54) is 0 Å². The van der Waals surface area contributed by atoms with Gasteiger partial charge in [-0.1, -0.05) is 18.2 Å². The second-order valence-electron chi connectivity index (χ2n) is 4.25. The third-order valence-electron chi connectivity index (χ3n) is 3.06. The summed E-state index contributed by atoms with van der Waals surface area (Å²) in [4.78, 5) is 2.28. The van der Waals surface area contributed by atoms with Gasteiger partial charge >= 0.3 is 0 Å². The molecule has 1 saturated heterocycles. The van der Waals surface area contributed by atoms with Gasteiger partial charge in [0.2, 0.25) is 0 Å². The highest BCUT2D eigenvalue weighted by atomic mass is 16.5. The molecule has 94 valence electrons. The van der Waals surface area contributed by atoms with E-state index >= 15 is 0 Å². The van der Waals surface area contributed by atoms with E-state index in [2.05, 4.69) is 10.2 Å². The summed E-state index contributed by atoms with van der Waals surface area (Å²) in [5, 5.41) is 12.7. The highest BCUT2D eigenvalue weighted by Crippen LogP contribution is 2.10. The number of aliphatic hydroxyl groups excluding tert-OH is 1. The first-order valence-corrected chi connectivity index (χ1v) is 6.13. The van der Waals surface area contributed by atoms with Gasteiger partial charge in [0.15, 0.2) is 0 Å². The normalized spacial score (nSPS) is 18.9. The molecule has 0 bridgehead atoms. The van der Waals surface area contributed by atoms with Crippen LogP contribution < -0.4 is 10.1 Å². The van der Waals surface area contributed by atoms with Crippen molar-refractivity contribution in [2.45, 2.75) is 6.04 Å². The Labute approximate surface area is 102 Å². The van der Waals surface area contributed by atoms with Crippen molar-refractivity contribution in [2.75, 3.05) is 39.4 Å². The molecule has 0 aliphatic carbocycles. The van der Waals surface area contributed by atoms with Crippen LogP contribution in [0.15, 0.2) is 30.3 Å². The predicted molar refractivity (Wildman–Crippen MR) is 67.3 cm³/mol. The summed E-state index contributed by atoms with van der Waals surface area (Å²) >= 11 is 0. The lowest BCUT2D eigenvalue weighted by Gasteiger charge is -2.33. The van der Waals surface area contributed by atoms with Crippen molar-refractivity contribution in [1.82, 2.24) is 10.2 Å². The van der Waals surface area contributed by atoms with Gasteiger partial charge in [0, 0.05) is 26.2 Å². The number of nitrogens with one attached hydrogen (secondary N) is 1. The number of benzene rings is 1. The number of hydrogen-bond acceptors (Lipinski definition) is 4. The third-order valence-corrected chi connectivity index (χ3v) is 3.06. The second-order valence-corrected chi connectivity index (χ2v) is 4.25. The molecule has 4 nitrogen and oxygen atoms in total. The summed E-state index contributed by atoms with van der Waals surface area (Å²) in [5.41, 5.74) is 0. The summed E-state index contributed by atoms with van der Waals surface area (Å²) in [7, 11) is 0.